The number of anilines is 1. The van der Waals surface area contributed by atoms with E-state index in [4.69, 9.17) is 4.74 Å². The fourth-order valence-electron chi connectivity index (χ4n) is 3.35. The molecule has 0 radical (unpaired) electrons. The van der Waals surface area contributed by atoms with Crippen molar-refractivity contribution in [1.82, 2.24) is 14.5 Å². The number of benzene rings is 1. The van der Waals surface area contributed by atoms with Gasteiger partial charge in [-0.1, -0.05) is 24.3 Å². The first-order valence-corrected chi connectivity index (χ1v) is 9.12. The molecule has 7 nitrogen and oxygen atoms in total. The number of hydrogen-bond acceptors (Lipinski definition) is 5. The van der Waals surface area contributed by atoms with E-state index in [1.807, 2.05) is 19.1 Å². The summed E-state index contributed by atoms with van der Waals surface area (Å²) in [6.07, 6.45) is 2.07. The topological polar surface area (TPSA) is 89.0 Å². The molecule has 1 aromatic carbocycles. The van der Waals surface area contributed by atoms with E-state index in [0.29, 0.717) is 5.92 Å². The van der Waals surface area contributed by atoms with E-state index in [9.17, 15) is 9.59 Å². The summed E-state index contributed by atoms with van der Waals surface area (Å²) in [5.41, 5.74) is 1.39. The van der Waals surface area contributed by atoms with Gasteiger partial charge in [0, 0.05) is 19.3 Å². The predicted molar refractivity (Wildman–Crippen MR) is 101 cm³/mol. The number of nitrogens with zero attached hydrogens (tertiary/aromatic N) is 2. The summed E-state index contributed by atoms with van der Waals surface area (Å²) in [6, 6.07) is 8.09. The van der Waals surface area contributed by atoms with Crippen LogP contribution in [-0.4, -0.2) is 27.7 Å². The Bertz CT molecular complexity index is 834. The van der Waals surface area contributed by atoms with Crippen LogP contribution < -0.4 is 16.7 Å². The van der Waals surface area contributed by atoms with E-state index in [1.54, 1.807) is 13.8 Å². The molecule has 1 aromatic heterocycles. The Kier molecular flexibility index (Phi) is 5.56. The highest BCUT2D eigenvalue weighted by Gasteiger charge is 2.17. The van der Waals surface area contributed by atoms with Gasteiger partial charge in [0.15, 0.2) is 0 Å². The van der Waals surface area contributed by atoms with E-state index >= 15 is 0 Å². The number of H-pyrrole nitrogens is 1. The minimum Gasteiger partial charge on any atom is -0.381 e. The lowest BCUT2D eigenvalue weighted by Gasteiger charge is -2.23. The first-order valence-electron chi connectivity index (χ1n) is 9.12. The Morgan fingerprint density at radius 2 is 1.96 bits per heavy atom. The van der Waals surface area contributed by atoms with Crippen molar-refractivity contribution in [3.63, 3.8) is 0 Å². The summed E-state index contributed by atoms with van der Waals surface area (Å²) in [7, 11) is 0. The molecule has 1 saturated heterocycles. The normalized spacial score (nSPS) is 16.6. The van der Waals surface area contributed by atoms with Gasteiger partial charge in [-0.05, 0) is 50.7 Å². The summed E-state index contributed by atoms with van der Waals surface area (Å²) in [5.74, 6) is 0.713. The van der Waals surface area contributed by atoms with Crippen LogP contribution in [0, 0.1) is 0 Å². The molecule has 0 aliphatic carbocycles. The Balaban J connectivity index is 1.79. The van der Waals surface area contributed by atoms with Crippen molar-refractivity contribution in [2.24, 2.45) is 0 Å². The van der Waals surface area contributed by atoms with Gasteiger partial charge < -0.3 is 10.1 Å². The number of hydrogen-bond donors (Lipinski definition) is 2. The number of aromatic nitrogens is 3. The van der Waals surface area contributed by atoms with Gasteiger partial charge in [0.1, 0.15) is 0 Å². The Morgan fingerprint density at radius 1 is 1.23 bits per heavy atom. The molecule has 1 fully saturated rings. The maximum Gasteiger partial charge on any atom is 0.355 e. The van der Waals surface area contributed by atoms with Crippen LogP contribution in [0.5, 0.6) is 0 Å². The summed E-state index contributed by atoms with van der Waals surface area (Å²) >= 11 is 0. The smallest absolute Gasteiger partial charge is 0.355 e. The molecule has 0 spiro atoms. The first-order chi connectivity index (χ1) is 12.5. The molecule has 0 unspecified atom stereocenters. The minimum absolute atomic E-state index is 0.0905. The molecule has 140 valence electrons. The van der Waals surface area contributed by atoms with Crippen molar-refractivity contribution < 1.29 is 4.74 Å². The highest BCUT2D eigenvalue weighted by Crippen LogP contribution is 2.29. The molecule has 1 aliphatic heterocycles. The molecule has 0 saturated carbocycles. The standard InChI is InChI=1S/C19H26N4O3/c1-12(2)23-18(24)21-17(22-19(23)25)20-13(3)15-5-4-6-16(11-15)14-7-9-26-10-8-14/h4-6,11-14H,7-10H2,1-3H3,(H2,20,21,22,24,25)/t13-/m0/s1. The van der Waals surface area contributed by atoms with Crippen molar-refractivity contribution in [3.05, 3.63) is 56.4 Å². The van der Waals surface area contributed by atoms with E-state index < -0.39 is 11.4 Å². The average molecular weight is 358 g/mol. The molecular weight excluding hydrogens is 332 g/mol. The van der Waals surface area contributed by atoms with Crippen LogP contribution >= 0.6 is 0 Å². The largest absolute Gasteiger partial charge is 0.381 e. The average Bonchev–Trinajstić information content (AvgIpc) is 2.61. The van der Waals surface area contributed by atoms with Crippen molar-refractivity contribution >= 4 is 5.95 Å². The second-order valence-corrected chi connectivity index (χ2v) is 7.06. The summed E-state index contributed by atoms with van der Waals surface area (Å²) < 4.78 is 6.54. The fourth-order valence-corrected chi connectivity index (χ4v) is 3.35. The molecule has 1 aliphatic rings. The first kappa shape index (κ1) is 18.4. The van der Waals surface area contributed by atoms with Gasteiger partial charge in [-0.3, -0.25) is 4.98 Å². The van der Waals surface area contributed by atoms with Gasteiger partial charge in [-0.2, -0.15) is 4.98 Å². The highest BCUT2D eigenvalue weighted by atomic mass is 16.5. The van der Waals surface area contributed by atoms with Gasteiger partial charge >= 0.3 is 11.4 Å². The number of ether oxygens (including phenoxy) is 1. The molecule has 2 N–H and O–H groups in total. The van der Waals surface area contributed by atoms with E-state index in [2.05, 4.69) is 27.4 Å². The zero-order chi connectivity index (χ0) is 18.7. The molecule has 2 aromatic rings. The number of nitrogens with one attached hydrogen (secondary N) is 2. The maximum atomic E-state index is 12.1. The van der Waals surface area contributed by atoms with E-state index in [0.717, 1.165) is 36.2 Å². The van der Waals surface area contributed by atoms with Gasteiger partial charge in [0.2, 0.25) is 5.95 Å². The third-order valence-corrected chi connectivity index (χ3v) is 4.83. The number of aromatic amines is 1. The van der Waals surface area contributed by atoms with Crippen LogP contribution in [0.3, 0.4) is 0 Å². The van der Waals surface area contributed by atoms with Crippen LogP contribution in [-0.2, 0) is 4.74 Å². The lowest BCUT2D eigenvalue weighted by Crippen LogP contribution is -2.39. The van der Waals surface area contributed by atoms with Crippen molar-refractivity contribution in [2.45, 2.75) is 51.6 Å². The Hall–Kier alpha value is -2.41. The minimum atomic E-state index is -0.547. The highest BCUT2D eigenvalue weighted by molar-refractivity contribution is 5.34. The van der Waals surface area contributed by atoms with Gasteiger partial charge in [-0.25, -0.2) is 14.2 Å². The zero-order valence-electron chi connectivity index (χ0n) is 15.5. The SMILES string of the molecule is CC(C)n1c(=O)nc(N[C@@H](C)c2cccc(C3CCOCC3)c2)[nH]c1=O. The molecule has 1 atom stereocenters. The number of rotatable bonds is 5. The maximum absolute atomic E-state index is 12.1. The Labute approximate surface area is 152 Å². The quantitative estimate of drug-likeness (QED) is 0.857. The molecule has 2 heterocycles. The lowest BCUT2D eigenvalue weighted by molar-refractivity contribution is 0.0853. The van der Waals surface area contributed by atoms with E-state index in [1.165, 1.54) is 5.56 Å². The summed E-state index contributed by atoms with van der Waals surface area (Å²) in [6.45, 7) is 7.14. The van der Waals surface area contributed by atoms with Crippen LogP contribution in [0.4, 0.5) is 5.95 Å². The predicted octanol–water partition coefficient (Wildman–Crippen LogP) is 2.58. The van der Waals surface area contributed by atoms with Gasteiger partial charge in [-0.15, -0.1) is 0 Å². The molecule has 7 heteroatoms. The third kappa shape index (κ3) is 4.04. The fraction of sp³-hybridized carbons (Fsp3) is 0.526. The molecular formula is C19H26N4O3. The lowest BCUT2D eigenvalue weighted by atomic mass is 9.90. The van der Waals surface area contributed by atoms with Crippen LogP contribution in [0.1, 0.15) is 62.7 Å². The van der Waals surface area contributed by atoms with E-state index in [-0.39, 0.29) is 18.0 Å². The third-order valence-electron chi connectivity index (χ3n) is 4.83. The van der Waals surface area contributed by atoms with Crippen molar-refractivity contribution in [3.8, 4) is 0 Å². The molecule has 0 bridgehead atoms. The van der Waals surface area contributed by atoms with Crippen molar-refractivity contribution in [2.75, 3.05) is 18.5 Å². The summed E-state index contributed by atoms with van der Waals surface area (Å²) in [4.78, 5) is 30.8. The van der Waals surface area contributed by atoms with Gasteiger partial charge in [0.25, 0.3) is 0 Å². The van der Waals surface area contributed by atoms with Gasteiger partial charge in [0.05, 0.1) is 6.04 Å². The van der Waals surface area contributed by atoms with Crippen molar-refractivity contribution in [1.29, 1.82) is 0 Å². The van der Waals surface area contributed by atoms with Crippen LogP contribution in [0.15, 0.2) is 33.9 Å². The molecule has 0 amide bonds. The molecule has 26 heavy (non-hydrogen) atoms. The monoisotopic (exact) mass is 358 g/mol. The Morgan fingerprint density at radius 3 is 2.62 bits per heavy atom. The second-order valence-electron chi connectivity index (χ2n) is 7.06. The van der Waals surface area contributed by atoms with Crippen LogP contribution in [0.2, 0.25) is 0 Å². The zero-order valence-corrected chi connectivity index (χ0v) is 15.5. The van der Waals surface area contributed by atoms with Crippen LogP contribution in [0.25, 0.3) is 0 Å². The second kappa shape index (κ2) is 7.86. The molecule has 3 rings (SSSR count). The summed E-state index contributed by atoms with van der Waals surface area (Å²) in [5, 5.41) is 3.13.